The first-order chi connectivity index (χ1) is 18.6. The molecule has 190 valence electrons. The van der Waals surface area contributed by atoms with Gasteiger partial charge in [-0.25, -0.2) is 19.3 Å². The number of aldehydes is 2. The van der Waals surface area contributed by atoms with Crippen LogP contribution in [0.15, 0.2) is 60.9 Å². The highest BCUT2D eigenvalue weighted by Crippen LogP contribution is 2.48. The molecule has 1 fully saturated rings. The van der Waals surface area contributed by atoms with E-state index in [9.17, 15) is 14.0 Å². The van der Waals surface area contributed by atoms with Crippen LogP contribution < -0.4 is 5.32 Å². The number of rotatable bonds is 7. The third-order valence-electron chi connectivity index (χ3n) is 7.06. The summed E-state index contributed by atoms with van der Waals surface area (Å²) in [4.78, 5) is 39.1. The summed E-state index contributed by atoms with van der Waals surface area (Å²) in [5.74, 6) is 1.16. The maximum Gasteiger partial charge on any atom is 0.199 e. The van der Waals surface area contributed by atoms with E-state index in [2.05, 4.69) is 10.3 Å². The fourth-order valence-corrected chi connectivity index (χ4v) is 6.41. The molecule has 3 heterocycles. The molecule has 1 saturated carbocycles. The van der Waals surface area contributed by atoms with E-state index in [4.69, 9.17) is 9.97 Å². The first-order valence-electron chi connectivity index (χ1n) is 12.4. The largest absolute Gasteiger partial charge is 0.367 e. The van der Waals surface area contributed by atoms with Gasteiger partial charge in [0.05, 0.1) is 10.9 Å². The molecule has 0 saturated heterocycles. The molecule has 1 aliphatic carbocycles. The van der Waals surface area contributed by atoms with Gasteiger partial charge >= 0.3 is 0 Å². The van der Waals surface area contributed by atoms with Gasteiger partial charge in [0.1, 0.15) is 22.8 Å². The van der Waals surface area contributed by atoms with Crippen LogP contribution in [0.5, 0.6) is 0 Å². The van der Waals surface area contributed by atoms with Crippen molar-refractivity contribution in [2.75, 3.05) is 5.32 Å². The molecule has 2 aromatic carbocycles. The van der Waals surface area contributed by atoms with Crippen molar-refractivity contribution in [2.45, 2.75) is 25.3 Å². The monoisotopic (exact) mass is 525 g/mol. The van der Waals surface area contributed by atoms with Crippen LogP contribution in [-0.4, -0.2) is 38.1 Å². The lowest BCUT2D eigenvalue weighted by Crippen LogP contribution is -2.17. The van der Waals surface area contributed by atoms with Gasteiger partial charge in [0, 0.05) is 47.4 Å². The summed E-state index contributed by atoms with van der Waals surface area (Å²) in [7, 11) is 1.88. The highest BCUT2D eigenvalue weighted by Gasteiger charge is 2.28. The van der Waals surface area contributed by atoms with Gasteiger partial charge < -0.3 is 14.7 Å². The van der Waals surface area contributed by atoms with Gasteiger partial charge in [0.2, 0.25) is 0 Å². The lowest BCUT2D eigenvalue weighted by molar-refractivity contribution is -0.110. The van der Waals surface area contributed by atoms with E-state index < -0.39 is 5.82 Å². The van der Waals surface area contributed by atoms with E-state index in [0.717, 1.165) is 46.9 Å². The second-order valence-corrected chi connectivity index (χ2v) is 10.5. The summed E-state index contributed by atoms with van der Waals surface area (Å²) in [6.07, 6.45) is 7.52. The molecule has 3 aromatic heterocycles. The smallest absolute Gasteiger partial charge is 0.199 e. The van der Waals surface area contributed by atoms with Crippen molar-refractivity contribution in [3.63, 3.8) is 0 Å². The summed E-state index contributed by atoms with van der Waals surface area (Å²) in [6, 6.07) is 14.5. The second kappa shape index (κ2) is 9.90. The van der Waals surface area contributed by atoms with E-state index in [0.29, 0.717) is 34.1 Å². The minimum Gasteiger partial charge on any atom is -0.367 e. The van der Waals surface area contributed by atoms with Gasteiger partial charge in [-0.15, -0.1) is 11.3 Å². The number of halogens is 1. The van der Waals surface area contributed by atoms with E-state index in [1.54, 1.807) is 18.3 Å². The third kappa shape index (κ3) is 4.18. The van der Waals surface area contributed by atoms with Gasteiger partial charge in [-0.2, -0.15) is 0 Å². The maximum absolute atomic E-state index is 14.7. The molecular weight excluding hydrogens is 501 g/mol. The molecular formula is C29H24FN5O2S. The Morgan fingerprint density at radius 3 is 2.63 bits per heavy atom. The lowest BCUT2D eigenvalue weighted by Gasteiger charge is -2.16. The van der Waals surface area contributed by atoms with Crippen molar-refractivity contribution >= 4 is 39.9 Å². The normalized spacial score (nSPS) is 17.1. The number of benzene rings is 2. The van der Waals surface area contributed by atoms with E-state index in [1.165, 1.54) is 17.4 Å². The Labute approximate surface area is 222 Å². The Hall–Kier alpha value is -4.24. The number of aromatic nitrogens is 4. The first kappa shape index (κ1) is 24.1. The van der Waals surface area contributed by atoms with Crippen LogP contribution in [0.25, 0.3) is 43.4 Å². The minimum absolute atomic E-state index is 0.00708. The number of nitrogens with one attached hydrogen (secondary N) is 1. The third-order valence-corrected chi connectivity index (χ3v) is 8.17. The van der Waals surface area contributed by atoms with E-state index in [1.807, 2.05) is 48.1 Å². The average Bonchev–Trinajstić information content (AvgIpc) is 3.67. The molecule has 5 aromatic rings. The molecule has 6 rings (SSSR count). The molecule has 0 unspecified atom stereocenters. The zero-order valence-corrected chi connectivity index (χ0v) is 21.4. The number of thiophene rings is 1. The fraction of sp³-hybridized carbons (Fsp3) is 0.207. The Bertz CT molecular complexity index is 1660. The van der Waals surface area contributed by atoms with Crippen LogP contribution in [0.4, 0.5) is 10.2 Å². The van der Waals surface area contributed by atoms with Crippen LogP contribution in [0.3, 0.4) is 0 Å². The summed E-state index contributed by atoms with van der Waals surface area (Å²) in [5, 5.41) is 4.40. The van der Waals surface area contributed by atoms with Gasteiger partial charge in [0.15, 0.2) is 17.9 Å². The molecule has 0 bridgehead atoms. The van der Waals surface area contributed by atoms with E-state index in [-0.39, 0.29) is 17.5 Å². The number of anilines is 1. The van der Waals surface area contributed by atoms with Crippen molar-refractivity contribution < 1.29 is 14.0 Å². The van der Waals surface area contributed by atoms with Gasteiger partial charge in [-0.05, 0) is 30.9 Å². The Morgan fingerprint density at radius 1 is 1.08 bits per heavy atom. The van der Waals surface area contributed by atoms with Gasteiger partial charge in [0.25, 0.3) is 0 Å². The number of imidazole rings is 1. The van der Waals surface area contributed by atoms with Crippen LogP contribution in [0.2, 0.25) is 0 Å². The summed E-state index contributed by atoms with van der Waals surface area (Å²) in [6.45, 7) is 0. The summed E-state index contributed by atoms with van der Waals surface area (Å²) >= 11 is 1.39. The van der Waals surface area contributed by atoms with Crippen molar-refractivity contribution in [1.29, 1.82) is 0 Å². The minimum atomic E-state index is -0.571. The quantitative estimate of drug-likeness (QED) is 0.256. The lowest BCUT2D eigenvalue weighted by atomic mass is 9.97. The van der Waals surface area contributed by atoms with Crippen LogP contribution in [0, 0.1) is 11.7 Å². The van der Waals surface area contributed by atoms with Gasteiger partial charge in [-0.3, -0.25) is 4.79 Å². The zero-order chi connectivity index (χ0) is 26.2. The molecule has 1 N–H and O–H groups in total. The SMILES string of the molecule is Cn1ccnc1-c1nc(N[C@@H]2CC[C@H](C=O)C2)c2c(-c3ccccc3)c(-c3cccc(F)c3C=O)sc2n1. The average molecular weight is 526 g/mol. The number of hydrogen-bond acceptors (Lipinski definition) is 7. The van der Waals surface area contributed by atoms with Crippen LogP contribution in [-0.2, 0) is 11.8 Å². The topological polar surface area (TPSA) is 89.8 Å². The number of fused-ring (bicyclic) bond motifs is 1. The first-order valence-corrected chi connectivity index (χ1v) is 13.2. The molecule has 7 nitrogen and oxygen atoms in total. The van der Waals surface area contributed by atoms with Crippen molar-refractivity contribution in [1.82, 2.24) is 19.5 Å². The standard InChI is InChI=1S/C29H24FN5O2S/c1-35-13-12-31-28(35)27-33-26(32-19-11-10-17(14-19)15-36)24-23(18-6-3-2-4-7-18)25(38-29(24)34-27)20-8-5-9-22(30)21(20)16-37/h2-9,12-13,15-17,19H,10-11,14H2,1H3,(H,32,33,34)/t17-,19+/m0/s1. The predicted octanol–water partition coefficient (Wildman–Crippen LogP) is 6.16. The molecule has 0 spiro atoms. The number of nitrogens with zero attached hydrogens (tertiary/aromatic N) is 4. The number of aryl methyl sites for hydroxylation is 1. The summed E-state index contributed by atoms with van der Waals surface area (Å²) in [5.41, 5.74) is 2.25. The highest BCUT2D eigenvalue weighted by molar-refractivity contribution is 7.22. The Morgan fingerprint density at radius 2 is 1.92 bits per heavy atom. The van der Waals surface area contributed by atoms with Crippen molar-refractivity contribution in [3.8, 4) is 33.2 Å². The van der Waals surface area contributed by atoms with Gasteiger partial charge in [-0.1, -0.05) is 42.5 Å². The van der Waals surface area contributed by atoms with Crippen LogP contribution in [0.1, 0.15) is 29.6 Å². The van der Waals surface area contributed by atoms with E-state index >= 15 is 0 Å². The maximum atomic E-state index is 14.7. The number of hydrogen-bond donors (Lipinski definition) is 1. The highest BCUT2D eigenvalue weighted by atomic mass is 32.1. The zero-order valence-electron chi connectivity index (χ0n) is 20.6. The molecule has 38 heavy (non-hydrogen) atoms. The number of carbonyl (C=O) groups excluding carboxylic acids is 2. The summed E-state index contributed by atoms with van der Waals surface area (Å²) < 4.78 is 16.6. The Kier molecular flexibility index (Phi) is 6.29. The molecule has 0 aliphatic heterocycles. The molecule has 1 aliphatic rings. The molecule has 0 amide bonds. The molecule has 9 heteroatoms. The van der Waals surface area contributed by atoms with Crippen LogP contribution >= 0.6 is 11.3 Å². The Balaban J connectivity index is 1.65. The molecule has 2 atom stereocenters. The van der Waals surface area contributed by atoms with Crippen molar-refractivity contribution in [2.24, 2.45) is 13.0 Å². The molecule has 0 radical (unpaired) electrons. The second-order valence-electron chi connectivity index (χ2n) is 9.48. The fourth-order valence-electron chi connectivity index (χ4n) is 5.18. The van der Waals surface area contributed by atoms with Crippen molar-refractivity contribution in [3.05, 3.63) is 72.3 Å². The number of carbonyl (C=O) groups is 2. The predicted molar refractivity (Wildman–Crippen MR) is 147 cm³/mol.